The van der Waals surface area contributed by atoms with Crippen molar-refractivity contribution in [1.29, 1.82) is 0 Å². The number of anilines is 1. The normalized spacial score (nSPS) is 16.5. The molecular weight excluding hydrogens is 550 g/mol. The summed E-state index contributed by atoms with van der Waals surface area (Å²) >= 11 is 0. The lowest BCUT2D eigenvalue weighted by atomic mass is 9.96. The molecule has 0 bridgehead atoms. The Kier molecular flexibility index (Phi) is 10.5. The van der Waals surface area contributed by atoms with E-state index in [0.717, 1.165) is 81.7 Å². The van der Waals surface area contributed by atoms with Crippen LogP contribution in [0.25, 0.3) is 0 Å². The summed E-state index contributed by atoms with van der Waals surface area (Å²) in [5, 5.41) is 3.14. The highest BCUT2D eigenvalue weighted by Crippen LogP contribution is 2.28. The van der Waals surface area contributed by atoms with Crippen molar-refractivity contribution in [1.82, 2.24) is 20.1 Å². The SMILES string of the molecule is COc1ccc(N(Cc2cccnc2)C2CCN(C(C)CCNC(=O)c3ccc(C(=O)N4CCCC4)c(C)c3C)CC2)cc1. The van der Waals surface area contributed by atoms with E-state index in [-0.39, 0.29) is 11.8 Å². The molecule has 1 N–H and O–H groups in total. The van der Waals surface area contributed by atoms with E-state index in [0.29, 0.717) is 29.8 Å². The van der Waals surface area contributed by atoms with Gasteiger partial charge in [0.25, 0.3) is 11.8 Å². The first kappa shape index (κ1) is 31.5. The fourth-order valence-corrected chi connectivity index (χ4v) is 6.59. The summed E-state index contributed by atoms with van der Waals surface area (Å²) in [7, 11) is 1.70. The van der Waals surface area contributed by atoms with Crippen LogP contribution in [0.1, 0.15) is 76.4 Å². The highest BCUT2D eigenvalue weighted by molar-refractivity contribution is 6.00. The molecule has 3 heterocycles. The van der Waals surface area contributed by atoms with E-state index < -0.39 is 0 Å². The van der Waals surface area contributed by atoms with Crippen molar-refractivity contribution >= 4 is 17.5 Å². The fourth-order valence-electron chi connectivity index (χ4n) is 6.59. The number of hydrogen-bond donors (Lipinski definition) is 1. The summed E-state index contributed by atoms with van der Waals surface area (Å²) in [6.07, 6.45) is 8.93. The van der Waals surface area contributed by atoms with Gasteiger partial charge in [0.05, 0.1) is 7.11 Å². The molecule has 0 aliphatic carbocycles. The zero-order valence-electron chi connectivity index (χ0n) is 26.7. The standard InChI is InChI=1S/C36H47N5O3/c1-26(15-19-38-35(42)33-13-14-34(28(3)27(33)2)36(43)40-20-5-6-21-40)39-22-16-31(17-23-39)41(25-29-8-7-18-37-24-29)30-9-11-32(44-4)12-10-30/h7-14,18,24,26,31H,5-6,15-17,19-23,25H2,1-4H3,(H,38,42). The van der Waals surface area contributed by atoms with E-state index in [2.05, 4.69) is 45.2 Å². The molecule has 8 nitrogen and oxygen atoms in total. The molecule has 44 heavy (non-hydrogen) atoms. The summed E-state index contributed by atoms with van der Waals surface area (Å²) in [4.78, 5) is 37.4. The topological polar surface area (TPSA) is 78.0 Å². The summed E-state index contributed by atoms with van der Waals surface area (Å²) in [6, 6.07) is 16.9. The van der Waals surface area contributed by atoms with E-state index >= 15 is 0 Å². The van der Waals surface area contributed by atoms with Gasteiger partial charge in [-0.3, -0.25) is 14.6 Å². The predicted octanol–water partition coefficient (Wildman–Crippen LogP) is 5.62. The van der Waals surface area contributed by atoms with Gasteiger partial charge >= 0.3 is 0 Å². The number of methoxy groups -OCH3 is 1. The summed E-state index contributed by atoms with van der Waals surface area (Å²) in [5.74, 6) is 0.875. The number of carbonyl (C=O) groups excluding carboxylic acids is 2. The number of piperidine rings is 1. The smallest absolute Gasteiger partial charge is 0.254 e. The van der Waals surface area contributed by atoms with Crippen molar-refractivity contribution in [3.8, 4) is 5.75 Å². The lowest BCUT2D eigenvalue weighted by molar-refractivity contribution is 0.0791. The molecule has 1 atom stereocenters. The number of pyridine rings is 1. The van der Waals surface area contributed by atoms with Gasteiger partial charge in [0.15, 0.2) is 0 Å². The maximum absolute atomic E-state index is 13.1. The molecule has 234 valence electrons. The van der Waals surface area contributed by atoms with Crippen molar-refractivity contribution in [2.45, 2.75) is 71.5 Å². The molecule has 3 aromatic rings. The van der Waals surface area contributed by atoms with E-state index in [4.69, 9.17) is 4.74 Å². The Labute approximate surface area is 262 Å². The highest BCUT2D eigenvalue weighted by Gasteiger charge is 2.28. The Morgan fingerprint density at radius 3 is 2.32 bits per heavy atom. The lowest BCUT2D eigenvalue weighted by Gasteiger charge is -2.42. The van der Waals surface area contributed by atoms with Crippen LogP contribution in [0.3, 0.4) is 0 Å². The molecule has 2 fully saturated rings. The van der Waals surface area contributed by atoms with E-state index in [1.165, 1.54) is 11.3 Å². The number of hydrogen-bond acceptors (Lipinski definition) is 6. The van der Waals surface area contributed by atoms with Crippen LogP contribution >= 0.6 is 0 Å². The van der Waals surface area contributed by atoms with Crippen molar-refractivity contribution in [2.24, 2.45) is 0 Å². The van der Waals surface area contributed by atoms with Crippen molar-refractivity contribution in [3.05, 3.63) is 88.7 Å². The van der Waals surface area contributed by atoms with E-state index in [1.807, 2.05) is 61.5 Å². The van der Waals surface area contributed by atoms with Crippen molar-refractivity contribution in [2.75, 3.05) is 44.7 Å². The number of amides is 2. The summed E-state index contributed by atoms with van der Waals surface area (Å²) in [5.41, 5.74) is 5.55. The largest absolute Gasteiger partial charge is 0.497 e. The first-order valence-electron chi connectivity index (χ1n) is 16.1. The van der Waals surface area contributed by atoms with Gasteiger partial charge in [0, 0.05) is 80.6 Å². The van der Waals surface area contributed by atoms with Gasteiger partial charge in [-0.2, -0.15) is 0 Å². The van der Waals surface area contributed by atoms with Crippen LogP contribution < -0.4 is 15.0 Å². The third-order valence-corrected chi connectivity index (χ3v) is 9.55. The quantitative estimate of drug-likeness (QED) is 0.309. The molecule has 2 amide bonds. The summed E-state index contributed by atoms with van der Waals surface area (Å²) < 4.78 is 5.39. The van der Waals surface area contributed by atoms with Crippen LogP contribution in [0.2, 0.25) is 0 Å². The molecule has 2 saturated heterocycles. The molecule has 5 rings (SSSR count). The monoisotopic (exact) mass is 597 g/mol. The van der Waals surface area contributed by atoms with Crippen LogP contribution in [0.15, 0.2) is 60.9 Å². The van der Waals surface area contributed by atoms with Crippen LogP contribution in [0, 0.1) is 13.8 Å². The maximum atomic E-state index is 13.1. The first-order chi connectivity index (χ1) is 21.4. The Balaban J connectivity index is 1.13. The Bertz CT molecular complexity index is 1400. The van der Waals surface area contributed by atoms with Crippen LogP contribution in [0.4, 0.5) is 5.69 Å². The molecule has 0 saturated carbocycles. The number of likely N-dealkylation sites (tertiary alicyclic amines) is 2. The Morgan fingerprint density at radius 2 is 1.66 bits per heavy atom. The molecular formula is C36H47N5O3. The molecule has 0 radical (unpaired) electrons. The second-order valence-electron chi connectivity index (χ2n) is 12.3. The molecule has 0 spiro atoms. The predicted molar refractivity (Wildman–Crippen MR) is 175 cm³/mol. The average molecular weight is 598 g/mol. The van der Waals surface area contributed by atoms with Gasteiger partial charge in [-0.15, -0.1) is 0 Å². The Hall–Kier alpha value is -3.91. The van der Waals surface area contributed by atoms with Gasteiger partial charge < -0.3 is 24.8 Å². The fraction of sp³-hybridized carbons (Fsp3) is 0.472. The van der Waals surface area contributed by atoms with E-state index in [9.17, 15) is 9.59 Å². The van der Waals surface area contributed by atoms with Crippen molar-refractivity contribution < 1.29 is 14.3 Å². The molecule has 1 aromatic heterocycles. The molecule has 2 aliphatic rings. The molecule has 2 aliphatic heterocycles. The van der Waals surface area contributed by atoms with E-state index in [1.54, 1.807) is 7.11 Å². The second-order valence-corrected chi connectivity index (χ2v) is 12.3. The van der Waals surface area contributed by atoms with Gasteiger partial charge in [0.1, 0.15) is 5.75 Å². The van der Waals surface area contributed by atoms with Gasteiger partial charge in [-0.25, -0.2) is 0 Å². The molecule has 1 unspecified atom stereocenters. The molecule has 2 aromatic carbocycles. The van der Waals surface area contributed by atoms with Gasteiger partial charge in [0.2, 0.25) is 0 Å². The maximum Gasteiger partial charge on any atom is 0.254 e. The van der Waals surface area contributed by atoms with Gasteiger partial charge in [-0.1, -0.05) is 6.07 Å². The van der Waals surface area contributed by atoms with Crippen LogP contribution in [0.5, 0.6) is 5.75 Å². The summed E-state index contributed by atoms with van der Waals surface area (Å²) in [6.45, 7) is 11.3. The first-order valence-corrected chi connectivity index (χ1v) is 16.1. The lowest BCUT2D eigenvalue weighted by Crippen LogP contribution is -2.48. The number of ether oxygens (including phenoxy) is 1. The van der Waals surface area contributed by atoms with Crippen LogP contribution in [-0.4, -0.2) is 78.5 Å². The zero-order chi connectivity index (χ0) is 31.1. The zero-order valence-corrected chi connectivity index (χ0v) is 26.7. The average Bonchev–Trinajstić information content (AvgIpc) is 3.60. The Morgan fingerprint density at radius 1 is 0.977 bits per heavy atom. The minimum Gasteiger partial charge on any atom is -0.497 e. The highest BCUT2D eigenvalue weighted by atomic mass is 16.5. The minimum absolute atomic E-state index is 0.0674. The second kappa shape index (κ2) is 14.7. The van der Waals surface area contributed by atoms with Crippen LogP contribution in [-0.2, 0) is 6.54 Å². The number of benzene rings is 2. The number of carbonyl (C=O) groups is 2. The minimum atomic E-state index is -0.0674. The number of nitrogens with zero attached hydrogens (tertiary/aromatic N) is 4. The molecule has 8 heteroatoms. The van der Waals surface area contributed by atoms with Crippen molar-refractivity contribution in [3.63, 3.8) is 0 Å². The number of rotatable bonds is 11. The number of aromatic nitrogens is 1. The van der Waals surface area contributed by atoms with Gasteiger partial charge in [-0.05, 0) is 112 Å². The number of nitrogens with one attached hydrogen (secondary N) is 1. The third-order valence-electron chi connectivity index (χ3n) is 9.55. The third kappa shape index (κ3) is 7.41.